The number of hydrogen-bond donors (Lipinski definition) is 2. The zero-order valence-corrected chi connectivity index (χ0v) is 23.4. The molecule has 208 valence electrons. The topological polar surface area (TPSA) is 140 Å². The van der Waals surface area contributed by atoms with Gasteiger partial charge >= 0.3 is 0 Å². The summed E-state index contributed by atoms with van der Waals surface area (Å²) in [6, 6.07) is 14.1. The van der Waals surface area contributed by atoms with Gasteiger partial charge in [0.05, 0.1) is 29.6 Å². The first-order valence-electron chi connectivity index (χ1n) is 11.9. The number of fused-ring (bicyclic) bond motifs is 1. The highest BCUT2D eigenvalue weighted by Crippen LogP contribution is 2.35. The van der Waals surface area contributed by atoms with Crippen molar-refractivity contribution >= 4 is 43.0 Å². The molecule has 2 N–H and O–H groups in total. The Balaban J connectivity index is 1.51. The second kappa shape index (κ2) is 11.0. The third-order valence-electron chi connectivity index (χ3n) is 5.90. The molecular formula is C26H29N3O8S2. The smallest absolute Gasteiger partial charge is 0.262 e. The van der Waals surface area contributed by atoms with Crippen LogP contribution in [0.1, 0.15) is 12.5 Å². The number of benzene rings is 3. The highest BCUT2D eigenvalue weighted by atomic mass is 32.2. The quantitative estimate of drug-likeness (QED) is 0.396. The van der Waals surface area contributed by atoms with Gasteiger partial charge < -0.3 is 19.5 Å². The van der Waals surface area contributed by atoms with Gasteiger partial charge in [0.15, 0.2) is 11.5 Å². The molecular weight excluding hydrogens is 546 g/mol. The summed E-state index contributed by atoms with van der Waals surface area (Å²) in [5, 5.41) is 2.64. The van der Waals surface area contributed by atoms with Crippen molar-refractivity contribution in [2.24, 2.45) is 0 Å². The molecule has 1 heterocycles. The summed E-state index contributed by atoms with van der Waals surface area (Å²) in [6.07, 6.45) is 1.00. The molecule has 1 aliphatic rings. The summed E-state index contributed by atoms with van der Waals surface area (Å²) in [4.78, 5) is 13.0. The van der Waals surface area contributed by atoms with Crippen LogP contribution in [0.3, 0.4) is 0 Å². The van der Waals surface area contributed by atoms with Crippen molar-refractivity contribution in [3.8, 4) is 17.2 Å². The lowest BCUT2D eigenvalue weighted by molar-refractivity contribution is -0.116. The number of hydrogen-bond acceptors (Lipinski definition) is 8. The third-order valence-corrected chi connectivity index (χ3v) is 8.52. The van der Waals surface area contributed by atoms with Crippen LogP contribution in [-0.2, 0) is 24.8 Å². The molecule has 13 heteroatoms. The van der Waals surface area contributed by atoms with Crippen LogP contribution >= 0.6 is 0 Å². The number of sulfonamides is 2. The lowest BCUT2D eigenvalue weighted by Gasteiger charge is -2.29. The molecule has 0 aromatic heterocycles. The number of anilines is 3. The van der Waals surface area contributed by atoms with Crippen molar-refractivity contribution in [3.05, 3.63) is 66.2 Å². The lowest BCUT2D eigenvalue weighted by atomic mass is 10.2. The van der Waals surface area contributed by atoms with Gasteiger partial charge in [-0.05, 0) is 67.9 Å². The Morgan fingerprint density at radius 2 is 1.62 bits per heavy atom. The zero-order valence-electron chi connectivity index (χ0n) is 21.8. The van der Waals surface area contributed by atoms with Crippen molar-refractivity contribution < 1.29 is 35.8 Å². The number of nitrogens with zero attached hydrogens (tertiary/aromatic N) is 1. The number of rotatable bonds is 9. The molecule has 1 aliphatic heterocycles. The minimum absolute atomic E-state index is 0.0360. The average Bonchev–Trinajstić information content (AvgIpc) is 2.88. The SMILES string of the molecule is COc1ccc(C)cc1NS(=O)(=O)c1ccc(NC(=O)[C@H](C)N(c2ccc3c(c2)OCCO3)S(C)(=O)=O)cc1. The van der Waals surface area contributed by atoms with Gasteiger partial charge in [-0.1, -0.05) is 6.07 Å². The molecule has 39 heavy (non-hydrogen) atoms. The number of methoxy groups -OCH3 is 1. The van der Waals surface area contributed by atoms with Crippen LogP contribution < -0.4 is 28.6 Å². The van der Waals surface area contributed by atoms with Gasteiger partial charge in [-0.25, -0.2) is 16.8 Å². The summed E-state index contributed by atoms with van der Waals surface area (Å²) in [7, 11) is -6.38. The van der Waals surface area contributed by atoms with Crippen LogP contribution in [0.15, 0.2) is 65.6 Å². The molecule has 0 spiro atoms. The fourth-order valence-corrected chi connectivity index (χ4v) is 6.28. The fraction of sp³-hybridized carbons (Fsp3) is 0.269. The van der Waals surface area contributed by atoms with Crippen LogP contribution in [0.25, 0.3) is 0 Å². The van der Waals surface area contributed by atoms with Gasteiger partial charge in [0.25, 0.3) is 10.0 Å². The van der Waals surface area contributed by atoms with Crippen LogP contribution in [0.4, 0.5) is 17.1 Å². The number of ether oxygens (including phenoxy) is 3. The molecule has 0 radical (unpaired) electrons. The van der Waals surface area contributed by atoms with Gasteiger partial charge in [0.1, 0.15) is 25.0 Å². The van der Waals surface area contributed by atoms with Gasteiger partial charge in [0, 0.05) is 11.8 Å². The second-order valence-corrected chi connectivity index (χ2v) is 12.4. The molecule has 3 aromatic carbocycles. The van der Waals surface area contributed by atoms with Crippen molar-refractivity contribution in [2.45, 2.75) is 24.8 Å². The van der Waals surface area contributed by atoms with E-state index >= 15 is 0 Å². The van der Waals surface area contributed by atoms with Crippen molar-refractivity contribution in [1.29, 1.82) is 0 Å². The second-order valence-electron chi connectivity index (χ2n) is 8.89. The fourth-order valence-electron chi connectivity index (χ4n) is 4.05. The van der Waals surface area contributed by atoms with Crippen LogP contribution in [0.2, 0.25) is 0 Å². The molecule has 0 fully saturated rings. The van der Waals surface area contributed by atoms with E-state index in [1.165, 1.54) is 50.4 Å². The number of carbonyl (C=O) groups is 1. The standard InChI is InChI=1S/C26H29N3O8S2/c1-17-5-11-23(35-3)22(15-17)28-39(33,34)21-9-6-19(7-10-21)27-26(30)18(2)29(38(4,31)32)20-8-12-24-25(16-20)37-14-13-36-24/h5-12,15-16,18,28H,13-14H2,1-4H3,(H,27,30)/t18-/m0/s1. The van der Waals surface area contributed by atoms with Gasteiger partial charge in [0.2, 0.25) is 15.9 Å². The average molecular weight is 576 g/mol. The van der Waals surface area contributed by atoms with E-state index in [0.717, 1.165) is 16.1 Å². The van der Waals surface area contributed by atoms with E-state index in [1.807, 2.05) is 6.92 Å². The van der Waals surface area contributed by atoms with Crippen molar-refractivity contribution in [3.63, 3.8) is 0 Å². The molecule has 1 amide bonds. The number of aryl methyl sites for hydroxylation is 1. The van der Waals surface area contributed by atoms with E-state index in [4.69, 9.17) is 14.2 Å². The van der Waals surface area contributed by atoms with E-state index in [1.54, 1.807) is 24.3 Å². The van der Waals surface area contributed by atoms with Crippen LogP contribution in [0.5, 0.6) is 17.2 Å². The summed E-state index contributed by atoms with van der Waals surface area (Å²) < 4.78 is 71.0. The normalized spacial score (nSPS) is 13.7. The Hall–Kier alpha value is -3.97. The maximum Gasteiger partial charge on any atom is 0.262 e. The van der Waals surface area contributed by atoms with Gasteiger partial charge in [-0.15, -0.1) is 0 Å². The first-order chi connectivity index (χ1) is 18.4. The minimum atomic E-state index is -3.95. The van der Waals surface area contributed by atoms with E-state index in [-0.39, 0.29) is 16.3 Å². The molecule has 0 saturated carbocycles. The molecule has 1 atom stereocenters. The molecule has 0 saturated heterocycles. The maximum absolute atomic E-state index is 13.1. The first-order valence-corrected chi connectivity index (χ1v) is 15.2. The third kappa shape index (κ3) is 6.37. The largest absolute Gasteiger partial charge is 0.495 e. The summed E-state index contributed by atoms with van der Waals surface area (Å²) in [5.74, 6) is 0.624. The highest BCUT2D eigenvalue weighted by Gasteiger charge is 2.30. The van der Waals surface area contributed by atoms with Gasteiger partial charge in [-0.3, -0.25) is 13.8 Å². The van der Waals surface area contributed by atoms with Crippen LogP contribution in [0, 0.1) is 6.92 Å². The Labute approximate surface area is 227 Å². The molecule has 0 aliphatic carbocycles. The molecule has 0 bridgehead atoms. The predicted octanol–water partition coefficient (Wildman–Crippen LogP) is 3.37. The van der Waals surface area contributed by atoms with E-state index in [2.05, 4.69) is 10.0 Å². The molecule has 0 unspecified atom stereocenters. The van der Waals surface area contributed by atoms with E-state index in [9.17, 15) is 21.6 Å². The Kier molecular flexibility index (Phi) is 7.93. The summed E-state index contributed by atoms with van der Waals surface area (Å²) in [5.41, 5.74) is 1.67. The number of amides is 1. The minimum Gasteiger partial charge on any atom is -0.495 e. The van der Waals surface area contributed by atoms with Crippen molar-refractivity contribution in [1.82, 2.24) is 0 Å². The highest BCUT2D eigenvalue weighted by molar-refractivity contribution is 7.92. The van der Waals surface area contributed by atoms with Crippen LogP contribution in [-0.4, -0.2) is 55.4 Å². The monoisotopic (exact) mass is 575 g/mol. The zero-order chi connectivity index (χ0) is 28.4. The number of carbonyl (C=O) groups excluding carboxylic acids is 1. The summed E-state index contributed by atoms with van der Waals surface area (Å²) >= 11 is 0. The first kappa shape index (κ1) is 28.0. The van der Waals surface area contributed by atoms with E-state index < -0.39 is 32.0 Å². The molecule has 3 aromatic rings. The predicted molar refractivity (Wildman–Crippen MR) is 148 cm³/mol. The summed E-state index contributed by atoms with van der Waals surface area (Å²) in [6.45, 7) is 3.99. The van der Waals surface area contributed by atoms with Crippen molar-refractivity contribution in [2.75, 3.05) is 40.9 Å². The Morgan fingerprint density at radius 1 is 0.949 bits per heavy atom. The Bertz CT molecular complexity index is 1590. The molecule has 11 nitrogen and oxygen atoms in total. The van der Waals surface area contributed by atoms with Gasteiger partial charge in [-0.2, -0.15) is 0 Å². The van der Waals surface area contributed by atoms with E-state index in [0.29, 0.717) is 36.1 Å². The lowest BCUT2D eigenvalue weighted by Crippen LogP contribution is -2.45. The Morgan fingerprint density at radius 3 is 2.26 bits per heavy atom. The molecule has 4 rings (SSSR count). The maximum atomic E-state index is 13.1. The number of nitrogens with one attached hydrogen (secondary N) is 2.